The number of aliphatic carboxylic acids is 1. The van der Waals surface area contributed by atoms with Gasteiger partial charge in [-0.05, 0) is 12.8 Å². The molecule has 0 aromatic carbocycles. The molecule has 1 aliphatic rings. The number of hydrogen-bond acceptors (Lipinski definition) is 2. The van der Waals surface area contributed by atoms with Crippen LogP contribution in [0.5, 0.6) is 0 Å². The van der Waals surface area contributed by atoms with E-state index in [9.17, 15) is 9.90 Å². The van der Waals surface area contributed by atoms with Crippen molar-refractivity contribution in [1.82, 2.24) is 0 Å². The molecule has 2 N–H and O–H groups in total. The summed E-state index contributed by atoms with van der Waals surface area (Å²) in [4.78, 5) is 10.6. The van der Waals surface area contributed by atoms with E-state index in [-0.39, 0.29) is 5.41 Å². The second kappa shape index (κ2) is 3.44. The van der Waals surface area contributed by atoms with Crippen LogP contribution in [0.2, 0.25) is 0 Å². The first-order valence-corrected chi connectivity index (χ1v) is 4.47. The van der Waals surface area contributed by atoms with E-state index in [1.165, 1.54) is 6.42 Å². The van der Waals surface area contributed by atoms with Crippen molar-refractivity contribution in [3.05, 3.63) is 0 Å². The first-order chi connectivity index (χ1) is 5.56. The smallest absolute Gasteiger partial charge is 0.333 e. The van der Waals surface area contributed by atoms with Crippen molar-refractivity contribution in [1.29, 1.82) is 0 Å². The predicted molar refractivity (Wildman–Crippen MR) is 44.8 cm³/mol. The minimum atomic E-state index is -1.18. The molecule has 1 rings (SSSR count). The Morgan fingerprint density at radius 2 is 1.83 bits per heavy atom. The van der Waals surface area contributed by atoms with Crippen LogP contribution >= 0.6 is 0 Å². The number of carbonyl (C=O) groups is 1. The summed E-state index contributed by atoms with van der Waals surface area (Å²) < 4.78 is 0. The molecule has 0 radical (unpaired) electrons. The van der Waals surface area contributed by atoms with Gasteiger partial charge in [0.15, 0.2) is 6.10 Å². The molecule has 0 bridgehead atoms. The zero-order valence-corrected chi connectivity index (χ0v) is 7.42. The predicted octanol–water partition coefficient (Wildman–Crippen LogP) is 1.40. The highest BCUT2D eigenvalue weighted by molar-refractivity contribution is 5.73. The Hall–Kier alpha value is -0.570. The lowest BCUT2D eigenvalue weighted by Crippen LogP contribution is -2.39. The summed E-state index contributed by atoms with van der Waals surface area (Å²) in [6, 6.07) is 0. The molecule has 0 aromatic rings. The molecule has 1 saturated carbocycles. The SMILES string of the molecule is CC1(C(O)C(=O)O)CCCCC1. The largest absolute Gasteiger partial charge is 0.479 e. The van der Waals surface area contributed by atoms with Crippen LogP contribution in [0.3, 0.4) is 0 Å². The number of hydrogen-bond donors (Lipinski definition) is 2. The maximum absolute atomic E-state index is 10.6. The molecule has 3 nitrogen and oxygen atoms in total. The number of carboxylic acids is 1. The maximum Gasteiger partial charge on any atom is 0.333 e. The molecular formula is C9H16O3. The number of aliphatic hydroxyl groups excluding tert-OH is 1. The third kappa shape index (κ3) is 1.78. The fraction of sp³-hybridized carbons (Fsp3) is 0.889. The van der Waals surface area contributed by atoms with Gasteiger partial charge >= 0.3 is 5.97 Å². The highest BCUT2D eigenvalue weighted by atomic mass is 16.4. The van der Waals surface area contributed by atoms with Crippen molar-refractivity contribution in [2.24, 2.45) is 5.41 Å². The summed E-state index contributed by atoms with van der Waals surface area (Å²) in [6.45, 7) is 1.87. The quantitative estimate of drug-likeness (QED) is 0.662. The summed E-state index contributed by atoms with van der Waals surface area (Å²) in [5, 5.41) is 18.1. The monoisotopic (exact) mass is 172 g/mol. The number of rotatable bonds is 2. The van der Waals surface area contributed by atoms with Crippen LogP contribution in [0.4, 0.5) is 0 Å². The molecule has 0 amide bonds. The van der Waals surface area contributed by atoms with E-state index in [1.54, 1.807) is 0 Å². The zero-order valence-electron chi connectivity index (χ0n) is 7.42. The molecule has 1 fully saturated rings. The van der Waals surface area contributed by atoms with Crippen LogP contribution in [0.15, 0.2) is 0 Å². The molecule has 70 valence electrons. The number of carboxylic acid groups (broad SMARTS) is 1. The molecule has 12 heavy (non-hydrogen) atoms. The lowest BCUT2D eigenvalue weighted by molar-refractivity contribution is -0.155. The van der Waals surface area contributed by atoms with Crippen LogP contribution < -0.4 is 0 Å². The minimum Gasteiger partial charge on any atom is -0.479 e. The van der Waals surface area contributed by atoms with Gasteiger partial charge in [-0.2, -0.15) is 0 Å². The normalized spacial score (nSPS) is 24.8. The van der Waals surface area contributed by atoms with Gasteiger partial charge in [0.2, 0.25) is 0 Å². The highest BCUT2D eigenvalue weighted by Gasteiger charge is 2.38. The molecule has 0 saturated heterocycles. The van der Waals surface area contributed by atoms with Crippen LogP contribution in [-0.4, -0.2) is 22.3 Å². The summed E-state index contributed by atoms with van der Waals surface area (Å²) >= 11 is 0. The minimum absolute atomic E-state index is 0.385. The lowest BCUT2D eigenvalue weighted by Gasteiger charge is -2.35. The summed E-state index contributed by atoms with van der Waals surface area (Å²) in [5.41, 5.74) is -0.385. The second-order valence-corrected chi connectivity index (χ2v) is 3.96. The van der Waals surface area contributed by atoms with Gasteiger partial charge in [0.25, 0.3) is 0 Å². The molecule has 3 heteroatoms. The zero-order chi connectivity index (χ0) is 9.19. The van der Waals surface area contributed by atoms with Crippen molar-refractivity contribution in [3.63, 3.8) is 0 Å². The van der Waals surface area contributed by atoms with Gasteiger partial charge in [0.05, 0.1) is 0 Å². The molecular weight excluding hydrogens is 156 g/mol. The van der Waals surface area contributed by atoms with Gasteiger partial charge in [-0.15, -0.1) is 0 Å². The Morgan fingerprint density at radius 1 is 1.33 bits per heavy atom. The van der Waals surface area contributed by atoms with Crippen molar-refractivity contribution >= 4 is 5.97 Å². The second-order valence-electron chi connectivity index (χ2n) is 3.96. The van der Waals surface area contributed by atoms with Crippen molar-refractivity contribution in [2.45, 2.75) is 45.1 Å². The summed E-state index contributed by atoms with van der Waals surface area (Å²) in [7, 11) is 0. The van der Waals surface area contributed by atoms with Crippen molar-refractivity contribution < 1.29 is 15.0 Å². The molecule has 1 atom stereocenters. The molecule has 1 unspecified atom stereocenters. The van der Waals surface area contributed by atoms with Gasteiger partial charge in [-0.25, -0.2) is 4.79 Å². The van der Waals surface area contributed by atoms with Crippen molar-refractivity contribution in [2.75, 3.05) is 0 Å². The topological polar surface area (TPSA) is 57.5 Å². The highest BCUT2D eigenvalue weighted by Crippen LogP contribution is 2.38. The van der Waals surface area contributed by atoms with Gasteiger partial charge in [0, 0.05) is 5.41 Å². The Kier molecular flexibility index (Phi) is 2.73. The Labute approximate surface area is 72.4 Å². The Morgan fingerprint density at radius 3 is 2.25 bits per heavy atom. The van der Waals surface area contributed by atoms with E-state index < -0.39 is 12.1 Å². The Bertz CT molecular complexity index is 171. The molecule has 0 aromatic heterocycles. The van der Waals surface area contributed by atoms with E-state index in [2.05, 4.69) is 0 Å². The molecule has 0 heterocycles. The van der Waals surface area contributed by atoms with Crippen LogP contribution in [0.1, 0.15) is 39.0 Å². The van der Waals surface area contributed by atoms with Crippen LogP contribution in [0, 0.1) is 5.41 Å². The third-order valence-electron chi connectivity index (χ3n) is 2.89. The average molecular weight is 172 g/mol. The Balaban J connectivity index is 2.62. The first kappa shape index (κ1) is 9.52. The van der Waals surface area contributed by atoms with Gasteiger partial charge < -0.3 is 10.2 Å². The number of aliphatic hydroxyl groups is 1. The fourth-order valence-electron chi connectivity index (χ4n) is 1.93. The van der Waals surface area contributed by atoms with Crippen LogP contribution in [-0.2, 0) is 4.79 Å². The maximum atomic E-state index is 10.6. The van der Waals surface area contributed by atoms with E-state index in [1.807, 2.05) is 6.92 Å². The van der Waals surface area contributed by atoms with E-state index in [4.69, 9.17) is 5.11 Å². The average Bonchev–Trinajstić information content (AvgIpc) is 2.04. The fourth-order valence-corrected chi connectivity index (χ4v) is 1.93. The third-order valence-corrected chi connectivity index (χ3v) is 2.89. The van der Waals surface area contributed by atoms with Crippen molar-refractivity contribution in [3.8, 4) is 0 Å². The van der Waals surface area contributed by atoms with Gasteiger partial charge in [-0.3, -0.25) is 0 Å². The standard InChI is InChI=1S/C9H16O3/c1-9(7(10)8(11)12)5-3-2-4-6-9/h7,10H,2-6H2,1H3,(H,11,12). The molecule has 1 aliphatic carbocycles. The van der Waals surface area contributed by atoms with E-state index in [0.29, 0.717) is 0 Å². The molecule has 0 spiro atoms. The summed E-state index contributed by atoms with van der Waals surface area (Å²) in [5.74, 6) is -1.08. The lowest BCUT2D eigenvalue weighted by atomic mass is 9.72. The van der Waals surface area contributed by atoms with Crippen LogP contribution in [0.25, 0.3) is 0 Å². The van der Waals surface area contributed by atoms with Gasteiger partial charge in [-0.1, -0.05) is 26.2 Å². The van der Waals surface area contributed by atoms with Gasteiger partial charge in [0.1, 0.15) is 0 Å². The first-order valence-electron chi connectivity index (χ1n) is 4.47. The molecule has 0 aliphatic heterocycles. The summed E-state index contributed by atoms with van der Waals surface area (Å²) in [6.07, 6.45) is 3.74. The van der Waals surface area contributed by atoms with E-state index >= 15 is 0 Å². The van der Waals surface area contributed by atoms with E-state index in [0.717, 1.165) is 25.7 Å².